The third-order valence-electron chi connectivity index (χ3n) is 3.31. The Balaban J connectivity index is 2.09. The number of alkyl halides is 1. The van der Waals surface area contributed by atoms with E-state index in [0.29, 0.717) is 5.58 Å². The number of rotatable bonds is 3. The lowest BCUT2D eigenvalue weighted by Crippen LogP contribution is -2.21. The van der Waals surface area contributed by atoms with Crippen molar-refractivity contribution in [3.8, 4) is 0 Å². The number of oxazole rings is 1. The van der Waals surface area contributed by atoms with E-state index in [9.17, 15) is 4.79 Å². The van der Waals surface area contributed by atoms with E-state index in [1.165, 1.54) is 12.8 Å². The Bertz CT molecular complexity index is 580. The summed E-state index contributed by atoms with van der Waals surface area (Å²) in [7, 11) is 0. The Labute approximate surface area is 101 Å². The van der Waals surface area contributed by atoms with Crippen molar-refractivity contribution in [2.24, 2.45) is 5.41 Å². The van der Waals surface area contributed by atoms with Gasteiger partial charge in [0, 0.05) is 11.9 Å². The first-order valence-corrected chi connectivity index (χ1v) is 6.51. The van der Waals surface area contributed by atoms with Gasteiger partial charge in [-0.3, -0.25) is 4.57 Å². The van der Waals surface area contributed by atoms with Gasteiger partial charge in [-0.2, -0.15) is 0 Å². The van der Waals surface area contributed by atoms with Crippen molar-refractivity contribution in [3.63, 3.8) is 0 Å². The van der Waals surface area contributed by atoms with Crippen LogP contribution in [-0.4, -0.2) is 9.90 Å². The second-order valence-corrected chi connectivity index (χ2v) is 5.12. The van der Waals surface area contributed by atoms with Crippen LogP contribution in [-0.2, 0) is 6.54 Å². The molecule has 0 saturated heterocycles. The Morgan fingerprint density at radius 3 is 2.81 bits per heavy atom. The lowest BCUT2D eigenvalue weighted by Gasteiger charge is -2.11. The van der Waals surface area contributed by atoms with Crippen LogP contribution in [0.4, 0.5) is 0 Å². The number of para-hydroxylation sites is 2. The minimum absolute atomic E-state index is 0.242. The molecule has 3 rings (SSSR count). The largest absolute Gasteiger partial charge is 0.419 e. The van der Waals surface area contributed by atoms with Crippen molar-refractivity contribution in [1.82, 2.24) is 4.57 Å². The topological polar surface area (TPSA) is 35.1 Å². The van der Waals surface area contributed by atoms with Crippen molar-refractivity contribution < 1.29 is 4.42 Å². The van der Waals surface area contributed by atoms with Gasteiger partial charge in [0.15, 0.2) is 5.58 Å². The molecule has 4 heteroatoms. The summed E-state index contributed by atoms with van der Waals surface area (Å²) in [6.45, 7) is 0.758. The third kappa shape index (κ3) is 1.52. The molecule has 0 bridgehead atoms. The van der Waals surface area contributed by atoms with E-state index in [4.69, 9.17) is 4.42 Å². The highest BCUT2D eigenvalue weighted by atomic mass is 79.9. The van der Waals surface area contributed by atoms with Crippen molar-refractivity contribution >= 4 is 27.0 Å². The molecule has 0 aliphatic heterocycles. The Hall–Kier alpha value is -1.03. The standard InChI is InChI=1S/C12H12BrNO2/c13-7-12(5-6-12)8-14-9-3-1-2-4-10(9)16-11(14)15/h1-4H,5-8H2. The molecular weight excluding hydrogens is 270 g/mol. The molecule has 3 nitrogen and oxygen atoms in total. The summed E-state index contributed by atoms with van der Waals surface area (Å²) in [5.41, 5.74) is 1.86. The molecule has 0 amide bonds. The molecule has 1 aliphatic carbocycles. The predicted octanol–water partition coefficient (Wildman–Crippen LogP) is 2.77. The van der Waals surface area contributed by atoms with Crippen LogP contribution in [0.1, 0.15) is 12.8 Å². The molecule has 2 aromatic rings. The summed E-state index contributed by atoms with van der Waals surface area (Å²) in [6, 6.07) is 7.58. The maximum absolute atomic E-state index is 11.7. The molecule has 0 radical (unpaired) electrons. The number of hydrogen-bond donors (Lipinski definition) is 0. The molecule has 0 atom stereocenters. The molecule has 1 aromatic heterocycles. The number of fused-ring (bicyclic) bond motifs is 1. The van der Waals surface area contributed by atoms with E-state index in [1.807, 2.05) is 24.3 Å². The van der Waals surface area contributed by atoms with Gasteiger partial charge in [-0.15, -0.1) is 0 Å². The zero-order valence-corrected chi connectivity index (χ0v) is 10.4. The second kappa shape index (κ2) is 3.48. The predicted molar refractivity (Wildman–Crippen MR) is 65.9 cm³/mol. The van der Waals surface area contributed by atoms with Gasteiger partial charge in [-0.05, 0) is 30.4 Å². The zero-order chi connectivity index (χ0) is 11.2. The molecule has 84 valence electrons. The van der Waals surface area contributed by atoms with Crippen molar-refractivity contribution in [1.29, 1.82) is 0 Å². The van der Waals surface area contributed by atoms with Crippen LogP contribution in [0, 0.1) is 5.41 Å². The summed E-state index contributed by atoms with van der Waals surface area (Å²) < 4.78 is 6.96. The van der Waals surface area contributed by atoms with Crippen LogP contribution in [0.25, 0.3) is 11.1 Å². The highest BCUT2D eigenvalue weighted by Gasteiger charge is 2.42. The van der Waals surface area contributed by atoms with Crippen molar-refractivity contribution in [3.05, 3.63) is 34.8 Å². The van der Waals surface area contributed by atoms with Gasteiger partial charge in [-0.1, -0.05) is 28.1 Å². The van der Waals surface area contributed by atoms with Crippen LogP contribution in [0.15, 0.2) is 33.5 Å². The molecule has 1 saturated carbocycles. The average Bonchev–Trinajstić information content (AvgIpc) is 3.01. The summed E-state index contributed by atoms with van der Waals surface area (Å²) in [4.78, 5) is 11.7. The van der Waals surface area contributed by atoms with Crippen molar-refractivity contribution in [2.75, 3.05) is 5.33 Å². The third-order valence-corrected chi connectivity index (χ3v) is 4.50. The van der Waals surface area contributed by atoms with Crippen LogP contribution >= 0.6 is 15.9 Å². The second-order valence-electron chi connectivity index (χ2n) is 4.56. The summed E-state index contributed by atoms with van der Waals surface area (Å²) in [6.07, 6.45) is 2.37. The van der Waals surface area contributed by atoms with E-state index in [2.05, 4.69) is 15.9 Å². The lowest BCUT2D eigenvalue weighted by molar-refractivity contribution is 0.432. The summed E-state index contributed by atoms with van der Waals surface area (Å²) >= 11 is 3.52. The average molecular weight is 282 g/mol. The molecule has 1 aliphatic rings. The highest BCUT2D eigenvalue weighted by molar-refractivity contribution is 9.09. The number of hydrogen-bond acceptors (Lipinski definition) is 2. The molecule has 16 heavy (non-hydrogen) atoms. The number of halogens is 1. The van der Waals surface area contributed by atoms with E-state index in [1.54, 1.807) is 4.57 Å². The molecule has 1 aromatic carbocycles. The van der Waals surface area contributed by atoms with Crippen LogP contribution < -0.4 is 5.76 Å². The first-order chi connectivity index (χ1) is 7.74. The highest BCUT2D eigenvalue weighted by Crippen LogP contribution is 2.48. The van der Waals surface area contributed by atoms with Gasteiger partial charge in [0.1, 0.15) is 0 Å². The Morgan fingerprint density at radius 2 is 2.12 bits per heavy atom. The lowest BCUT2D eigenvalue weighted by atomic mass is 10.1. The van der Waals surface area contributed by atoms with Crippen molar-refractivity contribution in [2.45, 2.75) is 19.4 Å². The molecule has 0 unspecified atom stereocenters. The smallest absolute Gasteiger partial charge is 0.408 e. The normalized spacial score (nSPS) is 17.8. The zero-order valence-electron chi connectivity index (χ0n) is 8.78. The van der Waals surface area contributed by atoms with E-state index in [0.717, 1.165) is 17.4 Å². The van der Waals surface area contributed by atoms with Crippen LogP contribution in [0.3, 0.4) is 0 Å². The van der Waals surface area contributed by atoms with E-state index >= 15 is 0 Å². The van der Waals surface area contributed by atoms with Crippen LogP contribution in [0.2, 0.25) is 0 Å². The van der Waals surface area contributed by atoms with Gasteiger partial charge >= 0.3 is 5.76 Å². The Kier molecular flexibility index (Phi) is 2.21. The first kappa shape index (κ1) is 10.1. The van der Waals surface area contributed by atoms with Gasteiger partial charge in [0.05, 0.1) is 5.52 Å². The first-order valence-electron chi connectivity index (χ1n) is 5.38. The fraction of sp³-hybridized carbons (Fsp3) is 0.417. The van der Waals surface area contributed by atoms with E-state index in [-0.39, 0.29) is 11.2 Å². The molecule has 1 fully saturated rings. The fourth-order valence-corrected chi connectivity index (χ4v) is 2.75. The Morgan fingerprint density at radius 1 is 1.38 bits per heavy atom. The molecule has 0 spiro atoms. The molecular formula is C12H12BrNO2. The number of aromatic nitrogens is 1. The fourth-order valence-electron chi connectivity index (χ4n) is 2.01. The number of benzene rings is 1. The van der Waals surface area contributed by atoms with Crippen LogP contribution in [0.5, 0.6) is 0 Å². The summed E-state index contributed by atoms with van der Waals surface area (Å²) in [5, 5.41) is 0.950. The van der Waals surface area contributed by atoms with E-state index < -0.39 is 0 Å². The van der Waals surface area contributed by atoms with Gasteiger partial charge in [0.25, 0.3) is 0 Å². The molecule has 1 heterocycles. The monoisotopic (exact) mass is 281 g/mol. The quantitative estimate of drug-likeness (QED) is 0.811. The maximum Gasteiger partial charge on any atom is 0.419 e. The SMILES string of the molecule is O=c1oc2ccccc2n1CC1(CBr)CC1. The van der Waals surface area contributed by atoms with Gasteiger partial charge in [0.2, 0.25) is 0 Å². The molecule has 0 N–H and O–H groups in total. The van der Waals surface area contributed by atoms with Gasteiger partial charge in [-0.25, -0.2) is 4.79 Å². The number of nitrogens with zero attached hydrogens (tertiary/aromatic N) is 1. The maximum atomic E-state index is 11.7. The summed E-state index contributed by atoms with van der Waals surface area (Å²) in [5.74, 6) is -0.242. The minimum atomic E-state index is -0.242. The minimum Gasteiger partial charge on any atom is -0.408 e. The van der Waals surface area contributed by atoms with Gasteiger partial charge < -0.3 is 4.42 Å².